The molecule has 1 aliphatic heterocycles. The molecule has 3 aromatic rings. The lowest BCUT2D eigenvalue weighted by atomic mass is 9.98. The van der Waals surface area contributed by atoms with Crippen LogP contribution < -0.4 is 4.72 Å². The van der Waals surface area contributed by atoms with E-state index >= 15 is 0 Å². The van der Waals surface area contributed by atoms with Crippen LogP contribution in [0.1, 0.15) is 31.2 Å². The summed E-state index contributed by atoms with van der Waals surface area (Å²) < 4.78 is 28.5. The molecule has 0 spiro atoms. The van der Waals surface area contributed by atoms with Crippen molar-refractivity contribution in [3.05, 3.63) is 66.4 Å². The van der Waals surface area contributed by atoms with Gasteiger partial charge in [0.15, 0.2) is 0 Å². The Balaban J connectivity index is 0.00000256. The largest absolute Gasteiger partial charge is 0.303 e. The molecule has 1 aliphatic rings. The van der Waals surface area contributed by atoms with Crippen molar-refractivity contribution >= 4 is 39.5 Å². The third kappa shape index (κ3) is 5.21. The number of anilines is 1. The summed E-state index contributed by atoms with van der Waals surface area (Å²) in [6.07, 6.45) is 4.05. The van der Waals surface area contributed by atoms with Crippen molar-refractivity contribution < 1.29 is 8.42 Å². The Morgan fingerprint density at radius 1 is 1.13 bits per heavy atom. The maximum absolute atomic E-state index is 12.8. The first kappa shape index (κ1) is 22.7. The number of benzene rings is 1. The lowest BCUT2D eigenvalue weighted by Gasteiger charge is -2.15. The lowest BCUT2D eigenvalue weighted by molar-refractivity contribution is 0.335. The van der Waals surface area contributed by atoms with Crippen LogP contribution >= 0.6 is 23.7 Å². The fraction of sp³-hybridized carbons (Fsp3) is 0.318. The average molecular weight is 464 g/mol. The molecule has 1 N–H and O–H groups in total. The van der Waals surface area contributed by atoms with Crippen molar-refractivity contribution in [1.29, 1.82) is 0 Å². The summed E-state index contributed by atoms with van der Waals surface area (Å²) in [7, 11) is -3.62. The zero-order valence-corrected chi connectivity index (χ0v) is 19.3. The van der Waals surface area contributed by atoms with Crippen LogP contribution in [-0.4, -0.2) is 37.9 Å². The van der Waals surface area contributed by atoms with Crippen LogP contribution in [0.15, 0.2) is 65.0 Å². The molecule has 160 valence electrons. The molecule has 30 heavy (non-hydrogen) atoms. The van der Waals surface area contributed by atoms with Crippen molar-refractivity contribution in [3.63, 3.8) is 0 Å². The lowest BCUT2D eigenvalue weighted by Crippen LogP contribution is -2.20. The molecule has 3 heterocycles. The summed E-state index contributed by atoms with van der Waals surface area (Å²) in [5.41, 5.74) is 2.64. The average Bonchev–Trinajstić information content (AvgIpc) is 3.40. The summed E-state index contributed by atoms with van der Waals surface area (Å²) in [5.74, 6) is 0.533. The van der Waals surface area contributed by atoms with Crippen LogP contribution in [0, 0.1) is 0 Å². The van der Waals surface area contributed by atoms with Gasteiger partial charge >= 0.3 is 0 Å². The smallest absolute Gasteiger partial charge is 0.271 e. The molecule has 1 aromatic carbocycles. The topological polar surface area (TPSA) is 62.3 Å². The number of thiophene rings is 1. The van der Waals surface area contributed by atoms with Crippen LogP contribution in [0.2, 0.25) is 0 Å². The predicted molar refractivity (Wildman–Crippen MR) is 126 cm³/mol. The van der Waals surface area contributed by atoms with E-state index in [1.165, 1.54) is 23.3 Å². The molecule has 2 aromatic heterocycles. The van der Waals surface area contributed by atoms with Gasteiger partial charge in [-0.05, 0) is 73.8 Å². The Kier molecular flexibility index (Phi) is 7.52. The molecule has 0 radical (unpaired) electrons. The van der Waals surface area contributed by atoms with Crippen LogP contribution in [0.3, 0.4) is 0 Å². The number of nitrogens with zero attached hydrogens (tertiary/aromatic N) is 2. The van der Waals surface area contributed by atoms with E-state index in [9.17, 15) is 8.42 Å². The normalized spacial score (nSPS) is 16.9. The van der Waals surface area contributed by atoms with Gasteiger partial charge in [0.05, 0.1) is 10.6 Å². The van der Waals surface area contributed by atoms with Crippen molar-refractivity contribution in [1.82, 2.24) is 9.88 Å². The van der Waals surface area contributed by atoms with E-state index in [4.69, 9.17) is 0 Å². The second-order valence-electron chi connectivity index (χ2n) is 7.35. The molecule has 0 saturated carbocycles. The van der Waals surface area contributed by atoms with Crippen molar-refractivity contribution in [2.75, 3.05) is 24.4 Å². The maximum Gasteiger partial charge on any atom is 0.271 e. The second-order valence-corrected chi connectivity index (χ2v) is 10.3. The SMILES string of the molecule is CCCN1CC[C@@H](c2ccc(NS(=O)(=O)c3ccc(-c4ccccn4)s3)cc2)C1.Cl. The highest BCUT2D eigenvalue weighted by molar-refractivity contribution is 7.94. The van der Waals surface area contributed by atoms with Gasteiger partial charge in [-0.25, -0.2) is 8.42 Å². The molecule has 1 saturated heterocycles. The molecule has 5 nitrogen and oxygen atoms in total. The summed E-state index contributed by atoms with van der Waals surface area (Å²) in [6.45, 7) is 5.59. The number of halogens is 1. The first-order valence-electron chi connectivity index (χ1n) is 9.91. The Morgan fingerprint density at radius 3 is 2.63 bits per heavy atom. The van der Waals surface area contributed by atoms with Gasteiger partial charge in [0, 0.05) is 18.4 Å². The third-order valence-corrected chi connectivity index (χ3v) is 8.19. The standard InChI is InChI=1S/C22H25N3O2S2.ClH/c1-2-14-25-15-12-18(16-25)17-6-8-19(9-7-17)24-29(26,27)22-11-10-21(28-22)20-5-3-4-13-23-20;/h3-11,13,18,24H,2,12,14-16H2,1H3;1H/t18-;/m1./s1. The number of likely N-dealkylation sites (tertiary alicyclic amines) is 1. The van der Waals surface area contributed by atoms with E-state index in [-0.39, 0.29) is 16.6 Å². The molecular weight excluding hydrogens is 438 g/mol. The fourth-order valence-corrected chi connectivity index (χ4v) is 6.11. The first-order valence-corrected chi connectivity index (χ1v) is 12.2. The van der Waals surface area contributed by atoms with Crippen LogP contribution in [-0.2, 0) is 10.0 Å². The molecule has 1 fully saturated rings. The van der Waals surface area contributed by atoms with E-state index in [2.05, 4.69) is 21.5 Å². The quantitative estimate of drug-likeness (QED) is 0.521. The number of hydrogen-bond donors (Lipinski definition) is 1. The molecule has 0 amide bonds. The Hall–Kier alpha value is -1.93. The van der Waals surface area contributed by atoms with Gasteiger partial charge < -0.3 is 4.90 Å². The van der Waals surface area contributed by atoms with Crippen molar-refractivity contribution in [2.24, 2.45) is 0 Å². The van der Waals surface area contributed by atoms with Crippen molar-refractivity contribution in [2.45, 2.75) is 29.9 Å². The van der Waals surface area contributed by atoms with Gasteiger partial charge in [-0.15, -0.1) is 23.7 Å². The zero-order chi connectivity index (χ0) is 20.3. The zero-order valence-electron chi connectivity index (χ0n) is 16.8. The highest BCUT2D eigenvalue weighted by Crippen LogP contribution is 2.31. The molecule has 1 atom stereocenters. The molecular formula is C22H26ClN3O2S2. The number of nitrogens with one attached hydrogen (secondary N) is 1. The highest BCUT2D eigenvalue weighted by Gasteiger charge is 2.23. The van der Waals surface area contributed by atoms with Gasteiger partial charge in [-0.3, -0.25) is 9.71 Å². The number of hydrogen-bond acceptors (Lipinski definition) is 5. The molecule has 4 rings (SSSR count). The fourth-order valence-electron chi connectivity index (χ4n) is 3.76. The van der Waals surface area contributed by atoms with Gasteiger partial charge in [-0.1, -0.05) is 25.1 Å². The monoisotopic (exact) mass is 463 g/mol. The number of sulfonamides is 1. The molecule has 0 bridgehead atoms. The molecule has 8 heteroatoms. The van der Waals surface area contributed by atoms with Gasteiger partial charge in [-0.2, -0.15) is 0 Å². The summed E-state index contributed by atoms with van der Waals surface area (Å²) in [6, 6.07) is 16.9. The molecule has 0 aliphatic carbocycles. The predicted octanol–water partition coefficient (Wildman–Crippen LogP) is 5.23. The van der Waals surface area contributed by atoms with Gasteiger partial charge in [0.2, 0.25) is 0 Å². The Bertz CT molecular complexity index is 1050. The minimum absolute atomic E-state index is 0. The van der Waals surface area contributed by atoms with Crippen molar-refractivity contribution in [3.8, 4) is 10.6 Å². The van der Waals surface area contributed by atoms with Gasteiger partial charge in [0.1, 0.15) is 4.21 Å². The van der Waals surface area contributed by atoms with E-state index in [1.807, 2.05) is 42.5 Å². The number of pyridine rings is 1. The minimum Gasteiger partial charge on any atom is -0.303 e. The number of rotatable bonds is 7. The third-order valence-electron chi connectivity index (χ3n) is 5.21. The molecule has 0 unspecified atom stereocenters. The minimum atomic E-state index is -3.62. The summed E-state index contributed by atoms with van der Waals surface area (Å²) in [5, 5.41) is 0. The van der Waals surface area contributed by atoms with Gasteiger partial charge in [0.25, 0.3) is 10.0 Å². The second kappa shape index (κ2) is 9.92. The summed E-state index contributed by atoms with van der Waals surface area (Å²) >= 11 is 1.22. The Labute approximate surface area is 188 Å². The maximum atomic E-state index is 12.8. The van der Waals surface area contributed by atoms with Crippen LogP contribution in [0.4, 0.5) is 5.69 Å². The number of aromatic nitrogens is 1. The summed E-state index contributed by atoms with van der Waals surface area (Å²) in [4.78, 5) is 7.61. The van der Waals surface area contributed by atoms with E-state index in [0.29, 0.717) is 11.6 Å². The van der Waals surface area contributed by atoms with E-state index < -0.39 is 10.0 Å². The first-order chi connectivity index (χ1) is 14.0. The van der Waals surface area contributed by atoms with E-state index in [1.54, 1.807) is 18.3 Å². The van der Waals surface area contributed by atoms with Crippen LogP contribution in [0.25, 0.3) is 10.6 Å². The van der Waals surface area contributed by atoms with Crippen LogP contribution in [0.5, 0.6) is 0 Å². The highest BCUT2D eigenvalue weighted by atomic mass is 35.5. The van der Waals surface area contributed by atoms with E-state index in [0.717, 1.165) is 36.6 Å². The Morgan fingerprint density at radius 2 is 1.93 bits per heavy atom.